The minimum Gasteiger partial charge on any atom is -0.878 e. The van der Waals surface area contributed by atoms with Crippen molar-refractivity contribution in [2.24, 2.45) is 0 Å². The van der Waals surface area contributed by atoms with E-state index >= 15 is 0 Å². The van der Waals surface area contributed by atoms with E-state index in [1.807, 2.05) is 31.0 Å². The van der Waals surface area contributed by atoms with Gasteiger partial charge in [0.25, 0.3) is 0 Å². The molecule has 0 amide bonds. The predicted molar refractivity (Wildman–Crippen MR) is 143 cm³/mol. The zero-order valence-corrected chi connectivity index (χ0v) is 22.9. The molecule has 9 nitrogen and oxygen atoms in total. The van der Waals surface area contributed by atoms with E-state index in [0.717, 1.165) is 30.4 Å². The largest absolute Gasteiger partial charge is 1.00 e. The molecule has 0 saturated heterocycles. The third kappa shape index (κ3) is 10.6. The van der Waals surface area contributed by atoms with Crippen LogP contribution in [0.5, 0.6) is 5.75 Å². The zero-order valence-electron chi connectivity index (χ0n) is 22.9. The molecule has 3 aromatic heterocycles. The Hall–Kier alpha value is -2.66. The van der Waals surface area contributed by atoms with Crippen molar-refractivity contribution >= 4 is 23.4 Å². The number of rotatable bonds is 4. The number of ether oxygens (including phenoxy) is 2. The van der Waals surface area contributed by atoms with Gasteiger partial charge in [-0.1, -0.05) is 12.4 Å². The molecule has 1 aliphatic rings. The molecule has 38 heavy (non-hydrogen) atoms. The van der Waals surface area contributed by atoms with Gasteiger partial charge in [-0.25, -0.2) is 4.98 Å². The number of anilines is 2. The smallest absolute Gasteiger partial charge is 0.878 e. The van der Waals surface area contributed by atoms with E-state index in [1.54, 1.807) is 30.7 Å². The molecule has 4 heterocycles. The van der Waals surface area contributed by atoms with Crippen LogP contribution in [0.15, 0.2) is 42.9 Å². The first kappa shape index (κ1) is 35.3. The third-order valence-electron chi connectivity index (χ3n) is 4.97. The van der Waals surface area contributed by atoms with Crippen molar-refractivity contribution in [2.45, 2.75) is 19.4 Å². The number of aromatic nitrogens is 4. The molecule has 1 aliphatic heterocycles. The number of nitrogens with one attached hydrogen (secondary N) is 1. The molecule has 0 aliphatic carbocycles. The second kappa shape index (κ2) is 18.6. The Morgan fingerprint density at radius 2 is 1.95 bits per heavy atom. The summed E-state index contributed by atoms with van der Waals surface area (Å²) in [6.45, 7) is 11.3. The predicted octanol–water partition coefficient (Wildman–Crippen LogP) is -1.51. The maximum atomic E-state index is 9.47. The van der Waals surface area contributed by atoms with E-state index in [1.165, 1.54) is 0 Å². The quantitative estimate of drug-likeness (QED) is 0.263. The van der Waals surface area contributed by atoms with Gasteiger partial charge in [0, 0.05) is 42.5 Å². The fourth-order valence-electron chi connectivity index (χ4n) is 2.86. The molecular weight excluding hydrogens is 468 g/mol. The Balaban J connectivity index is 0.00000137. The van der Waals surface area contributed by atoms with Crippen LogP contribution in [0.4, 0.5) is 11.6 Å². The van der Waals surface area contributed by atoms with Gasteiger partial charge < -0.3 is 62.6 Å². The van der Waals surface area contributed by atoms with E-state index in [2.05, 4.69) is 51.6 Å². The van der Waals surface area contributed by atoms with Gasteiger partial charge in [-0.2, -0.15) is 12.1 Å². The van der Waals surface area contributed by atoms with Gasteiger partial charge >= 0.3 is 37.7 Å². The minimum atomic E-state index is -0.132. The zero-order chi connectivity index (χ0) is 25.0. The van der Waals surface area contributed by atoms with Gasteiger partial charge in [-0.15, -0.1) is 24.2 Å². The van der Waals surface area contributed by atoms with Gasteiger partial charge in [0.2, 0.25) is 0 Å². The van der Waals surface area contributed by atoms with E-state index in [-0.39, 0.29) is 62.6 Å². The maximum Gasteiger partial charge on any atom is 1.00 e. The number of fused-ring (bicyclic) bond motifs is 4. The Kier molecular flexibility index (Phi) is 17.3. The summed E-state index contributed by atoms with van der Waals surface area (Å²) in [6, 6.07) is 7.16. The molecule has 4 bridgehead atoms. The summed E-state index contributed by atoms with van der Waals surface area (Å²) in [7, 11) is 1.99. The van der Waals surface area contributed by atoms with Crippen LogP contribution in [0.25, 0.3) is 22.1 Å². The average Bonchev–Trinajstić information content (AvgIpc) is 2.89. The second-order valence-corrected chi connectivity index (χ2v) is 7.65. The Labute approximate surface area is 250 Å². The normalized spacial score (nSPS) is 14.0. The fourth-order valence-corrected chi connectivity index (χ4v) is 2.86. The molecule has 11 heteroatoms. The SMILES string of the molecule is C[C@H]1CCO[C-]=C(C=[N-])c2nccc(n2)Nc2cc(c(-c3cc[c-]nc3)cn2)O1.[CH2-]CN(C)C[CH2-].[CH3-].[Li+].[Li+]. The molecule has 1 atom stereocenters. The van der Waals surface area contributed by atoms with E-state index in [0.29, 0.717) is 30.4 Å². The standard InChI is InChI=1S/C21H17N6O2.C5H11N.CH3.2Li/c1-14-5-8-28-13-16(10-22)21-24-7-4-19(27-21)26-20-9-18(29-14)17(12-25-20)15-3-2-6-23-11-15;1-4-6(3)5-2;;;/h2-4,7,9-12,14H,5,8H2,1H3,(H,24,25,26,27);1-2,4-5H2,3H3;1H3;;/q-3;-2;-1;2*+1/t14-;;;;/m0..../s1. The molecular formula is C27H31Li2N7O2-4. The van der Waals surface area contributed by atoms with Gasteiger partial charge in [-0.05, 0) is 20.0 Å². The molecule has 1 N–H and O–H groups in total. The van der Waals surface area contributed by atoms with E-state index in [9.17, 15) is 5.41 Å². The van der Waals surface area contributed by atoms with Crippen molar-refractivity contribution in [3.8, 4) is 16.9 Å². The molecule has 4 rings (SSSR count). The Bertz CT molecular complexity index is 1130. The van der Waals surface area contributed by atoms with Gasteiger partial charge in [0.05, 0.1) is 12.7 Å². The third-order valence-corrected chi connectivity index (χ3v) is 4.97. The number of nitrogens with zero attached hydrogens (tertiary/aromatic N) is 6. The topological polar surface area (TPSA) is 108 Å². The first-order valence-electron chi connectivity index (χ1n) is 11.1. The van der Waals surface area contributed by atoms with Crippen LogP contribution < -0.4 is 47.8 Å². The second-order valence-electron chi connectivity index (χ2n) is 7.65. The van der Waals surface area contributed by atoms with E-state index in [4.69, 9.17) is 9.47 Å². The Morgan fingerprint density at radius 1 is 1.18 bits per heavy atom. The minimum absolute atomic E-state index is 0. The van der Waals surface area contributed by atoms with Crippen molar-refractivity contribution in [3.63, 3.8) is 0 Å². The molecule has 0 fully saturated rings. The number of hydrogen-bond acceptors (Lipinski definition) is 8. The molecule has 192 valence electrons. The Morgan fingerprint density at radius 3 is 2.58 bits per heavy atom. The molecule has 3 aromatic rings. The van der Waals surface area contributed by atoms with Crippen LogP contribution in [-0.4, -0.2) is 63.9 Å². The molecule has 0 aromatic carbocycles. The number of allylic oxidation sites excluding steroid dienone is 1. The van der Waals surface area contributed by atoms with Crippen molar-refractivity contribution < 1.29 is 47.2 Å². The summed E-state index contributed by atoms with van der Waals surface area (Å²) in [5.74, 6) is 2.01. The summed E-state index contributed by atoms with van der Waals surface area (Å²) in [5, 5.41) is 12.6. The first-order chi connectivity index (χ1) is 17.0. The van der Waals surface area contributed by atoms with Crippen molar-refractivity contribution in [1.82, 2.24) is 24.8 Å². The van der Waals surface area contributed by atoms with Gasteiger partial charge in [0.1, 0.15) is 17.4 Å². The van der Waals surface area contributed by atoms with Crippen LogP contribution >= 0.6 is 0 Å². The van der Waals surface area contributed by atoms with Crippen LogP contribution in [0.3, 0.4) is 0 Å². The summed E-state index contributed by atoms with van der Waals surface area (Å²) in [6.07, 6.45) is 11.8. The van der Waals surface area contributed by atoms with Crippen LogP contribution in [0.1, 0.15) is 19.2 Å². The maximum absolute atomic E-state index is 9.47. The van der Waals surface area contributed by atoms with Crippen molar-refractivity contribution in [2.75, 3.05) is 32.1 Å². The molecule has 0 radical (unpaired) electrons. The molecule has 0 spiro atoms. The average molecular weight is 499 g/mol. The van der Waals surface area contributed by atoms with E-state index < -0.39 is 0 Å². The van der Waals surface area contributed by atoms with Gasteiger partial charge in [0.15, 0.2) is 0 Å². The number of pyridine rings is 2. The summed E-state index contributed by atoms with van der Waals surface area (Å²) in [4.78, 5) is 19.1. The fraction of sp³-hybridized carbons (Fsp3) is 0.259. The summed E-state index contributed by atoms with van der Waals surface area (Å²) >= 11 is 0. The summed E-state index contributed by atoms with van der Waals surface area (Å²) in [5.41, 5.74) is 1.95. The van der Waals surface area contributed by atoms with Crippen LogP contribution in [0.2, 0.25) is 0 Å². The van der Waals surface area contributed by atoms with Crippen LogP contribution in [-0.2, 0) is 4.74 Å². The first-order valence-corrected chi connectivity index (χ1v) is 11.1. The number of hydrogen-bond donors (Lipinski definition) is 1. The molecule has 0 saturated carbocycles. The molecule has 0 unspecified atom stereocenters. The van der Waals surface area contributed by atoms with Crippen molar-refractivity contribution in [3.05, 3.63) is 87.8 Å². The van der Waals surface area contributed by atoms with Gasteiger partial charge in [-0.3, -0.25) is 4.98 Å². The van der Waals surface area contributed by atoms with Crippen LogP contribution in [0, 0.1) is 33.7 Å². The monoisotopic (exact) mass is 499 g/mol. The van der Waals surface area contributed by atoms with Crippen molar-refractivity contribution in [1.29, 1.82) is 0 Å². The summed E-state index contributed by atoms with van der Waals surface area (Å²) < 4.78 is 11.6.